The molecule has 0 aliphatic heterocycles. The molecule has 0 amide bonds. The van der Waals surface area contributed by atoms with Crippen molar-refractivity contribution in [3.05, 3.63) is 23.0 Å². The van der Waals surface area contributed by atoms with E-state index in [9.17, 15) is 4.79 Å². The van der Waals surface area contributed by atoms with E-state index in [1.807, 2.05) is 19.9 Å². The lowest BCUT2D eigenvalue weighted by Gasteiger charge is -2.22. The summed E-state index contributed by atoms with van der Waals surface area (Å²) < 4.78 is 0. The van der Waals surface area contributed by atoms with Crippen molar-refractivity contribution in [2.75, 3.05) is 0 Å². The molecule has 0 aromatic carbocycles. The molecule has 0 radical (unpaired) electrons. The molecule has 0 aliphatic rings. The number of hydrogen-bond donors (Lipinski definition) is 3. The number of rotatable bonds is 3. The van der Waals surface area contributed by atoms with Gasteiger partial charge in [-0.05, 0) is 32.4 Å². The fourth-order valence-electron chi connectivity index (χ4n) is 1.72. The van der Waals surface area contributed by atoms with Gasteiger partial charge in [0.05, 0.1) is 12.0 Å². The fourth-order valence-corrected chi connectivity index (χ4v) is 1.72. The minimum absolute atomic E-state index is 0.0756. The number of aromatic amines is 1. The van der Waals surface area contributed by atoms with Crippen LogP contribution in [0.5, 0.6) is 0 Å². The second-order valence-electron chi connectivity index (χ2n) is 4.00. The molecule has 0 fully saturated rings. The largest absolute Gasteiger partial charge is 0.481 e. The minimum Gasteiger partial charge on any atom is -0.481 e. The van der Waals surface area contributed by atoms with Crippen molar-refractivity contribution in [1.29, 1.82) is 0 Å². The molecule has 1 rings (SSSR count). The van der Waals surface area contributed by atoms with Crippen LogP contribution in [0.25, 0.3) is 0 Å². The summed E-state index contributed by atoms with van der Waals surface area (Å²) in [6.07, 6.45) is -0.0756. The Morgan fingerprint density at radius 2 is 2.21 bits per heavy atom. The number of hydrogen-bond acceptors (Lipinski definition) is 2. The van der Waals surface area contributed by atoms with E-state index in [0.29, 0.717) is 0 Å². The number of nitrogens with two attached hydrogens (primary N) is 1. The van der Waals surface area contributed by atoms with E-state index in [1.54, 1.807) is 6.92 Å². The van der Waals surface area contributed by atoms with Gasteiger partial charge >= 0.3 is 5.97 Å². The van der Waals surface area contributed by atoms with Gasteiger partial charge in [-0.3, -0.25) is 4.79 Å². The zero-order valence-electron chi connectivity index (χ0n) is 8.72. The molecular weight excluding hydrogens is 180 g/mol. The van der Waals surface area contributed by atoms with Crippen LogP contribution in [0, 0.1) is 13.8 Å². The highest BCUT2D eigenvalue weighted by Crippen LogP contribution is 2.24. The second-order valence-corrected chi connectivity index (χ2v) is 4.00. The predicted molar refractivity (Wildman–Crippen MR) is 54.1 cm³/mol. The lowest BCUT2D eigenvalue weighted by atomic mass is 9.93. The van der Waals surface area contributed by atoms with Crippen LogP contribution in [-0.4, -0.2) is 16.1 Å². The molecule has 0 spiro atoms. The highest BCUT2D eigenvalue weighted by molar-refractivity contribution is 5.68. The van der Waals surface area contributed by atoms with Crippen molar-refractivity contribution < 1.29 is 9.90 Å². The van der Waals surface area contributed by atoms with E-state index >= 15 is 0 Å². The lowest BCUT2D eigenvalue weighted by Crippen LogP contribution is -2.36. The van der Waals surface area contributed by atoms with E-state index in [4.69, 9.17) is 10.8 Å². The van der Waals surface area contributed by atoms with Crippen LogP contribution >= 0.6 is 0 Å². The van der Waals surface area contributed by atoms with E-state index in [2.05, 4.69) is 4.98 Å². The summed E-state index contributed by atoms with van der Waals surface area (Å²) in [6.45, 7) is 5.57. The fraction of sp³-hybridized carbons (Fsp3) is 0.500. The van der Waals surface area contributed by atoms with Crippen molar-refractivity contribution in [2.24, 2.45) is 5.73 Å². The van der Waals surface area contributed by atoms with E-state index in [1.165, 1.54) is 0 Å². The lowest BCUT2D eigenvalue weighted by molar-refractivity contribution is -0.138. The normalized spacial score (nSPS) is 15.1. The average Bonchev–Trinajstić information content (AvgIpc) is 2.27. The summed E-state index contributed by atoms with van der Waals surface area (Å²) in [4.78, 5) is 13.7. The molecule has 1 atom stereocenters. The van der Waals surface area contributed by atoms with Crippen molar-refractivity contribution in [2.45, 2.75) is 32.7 Å². The summed E-state index contributed by atoms with van der Waals surface area (Å²) in [6, 6.07) is 1.96. The number of H-pyrrole nitrogens is 1. The van der Waals surface area contributed by atoms with Crippen molar-refractivity contribution in [3.8, 4) is 0 Å². The first-order valence-electron chi connectivity index (χ1n) is 4.50. The quantitative estimate of drug-likeness (QED) is 0.681. The Morgan fingerprint density at radius 3 is 2.57 bits per heavy atom. The summed E-state index contributed by atoms with van der Waals surface area (Å²) >= 11 is 0. The van der Waals surface area contributed by atoms with Crippen molar-refractivity contribution >= 4 is 5.97 Å². The van der Waals surface area contributed by atoms with Crippen LogP contribution in [0.3, 0.4) is 0 Å². The van der Waals surface area contributed by atoms with E-state index in [-0.39, 0.29) is 6.42 Å². The third kappa shape index (κ3) is 2.14. The maximum atomic E-state index is 10.6. The van der Waals surface area contributed by atoms with Crippen LogP contribution in [-0.2, 0) is 10.3 Å². The van der Waals surface area contributed by atoms with Crippen molar-refractivity contribution in [1.82, 2.24) is 4.98 Å². The first-order valence-corrected chi connectivity index (χ1v) is 4.50. The zero-order valence-corrected chi connectivity index (χ0v) is 8.72. The van der Waals surface area contributed by atoms with Gasteiger partial charge in [-0.25, -0.2) is 0 Å². The number of nitrogens with one attached hydrogen (secondary N) is 1. The maximum absolute atomic E-state index is 10.6. The van der Waals surface area contributed by atoms with Crippen LogP contribution < -0.4 is 5.73 Å². The molecule has 0 bridgehead atoms. The standard InChI is InChI=1S/C10H16N2O2/c1-6-4-7(2)12-9(6)10(3,11)5-8(13)14/h4,12H,5,11H2,1-3H3,(H,13,14). The Labute approximate surface area is 83.1 Å². The topological polar surface area (TPSA) is 79.1 Å². The number of carboxylic acids is 1. The summed E-state index contributed by atoms with van der Waals surface area (Å²) in [5, 5.41) is 8.71. The summed E-state index contributed by atoms with van der Waals surface area (Å²) in [7, 11) is 0. The molecule has 0 saturated heterocycles. The Morgan fingerprint density at radius 1 is 1.64 bits per heavy atom. The zero-order chi connectivity index (χ0) is 10.9. The second kappa shape index (κ2) is 3.46. The number of carboxylic acid groups (broad SMARTS) is 1. The van der Waals surface area contributed by atoms with Gasteiger partial charge in [0.15, 0.2) is 0 Å². The van der Waals surface area contributed by atoms with Crippen LogP contribution in [0.15, 0.2) is 6.07 Å². The van der Waals surface area contributed by atoms with Crippen molar-refractivity contribution in [3.63, 3.8) is 0 Å². The molecule has 4 N–H and O–H groups in total. The minimum atomic E-state index is -0.887. The molecule has 78 valence electrons. The molecule has 0 aliphatic carbocycles. The van der Waals surface area contributed by atoms with Gasteiger partial charge in [-0.2, -0.15) is 0 Å². The molecule has 1 aromatic heterocycles. The Balaban J connectivity index is 3.02. The molecule has 1 unspecified atom stereocenters. The molecule has 14 heavy (non-hydrogen) atoms. The third-order valence-corrected chi connectivity index (χ3v) is 2.24. The molecule has 4 heteroatoms. The van der Waals surface area contributed by atoms with Gasteiger partial charge in [0.2, 0.25) is 0 Å². The third-order valence-electron chi connectivity index (χ3n) is 2.24. The van der Waals surface area contributed by atoms with Crippen LogP contribution in [0.1, 0.15) is 30.3 Å². The highest BCUT2D eigenvalue weighted by Gasteiger charge is 2.27. The van der Waals surface area contributed by atoms with E-state index in [0.717, 1.165) is 17.0 Å². The molecule has 1 aromatic rings. The van der Waals surface area contributed by atoms with Gasteiger partial charge in [-0.1, -0.05) is 0 Å². The number of carbonyl (C=O) groups is 1. The highest BCUT2D eigenvalue weighted by atomic mass is 16.4. The van der Waals surface area contributed by atoms with Gasteiger partial charge in [0, 0.05) is 11.4 Å². The number of aryl methyl sites for hydroxylation is 2. The monoisotopic (exact) mass is 196 g/mol. The van der Waals surface area contributed by atoms with Crippen LogP contribution in [0.2, 0.25) is 0 Å². The van der Waals surface area contributed by atoms with Gasteiger partial charge in [0.1, 0.15) is 0 Å². The van der Waals surface area contributed by atoms with E-state index < -0.39 is 11.5 Å². The smallest absolute Gasteiger partial charge is 0.305 e. The number of aliphatic carboxylic acids is 1. The van der Waals surface area contributed by atoms with Gasteiger partial charge in [0.25, 0.3) is 0 Å². The first kappa shape index (κ1) is 10.8. The van der Waals surface area contributed by atoms with Gasteiger partial charge in [-0.15, -0.1) is 0 Å². The Hall–Kier alpha value is -1.29. The van der Waals surface area contributed by atoms with Crippen LogP contribution in [0.4, 0.5) is 0 Å². The molecule has 1 heterocycles. The Bertz CT molecular complexity index is 353. The molecule has 0 saturated carbocycles. The SMILES string of the molecule is Cc1cc(C)c(C(C)(N)CC(=O)O)[nH]1. The summed E-state index contributed by atoms with van der Waals surface area (Å²) in [5.74, 6) is -0.887. The summed E-state index contributed by atoms with van der Waals surface area (Å²) in [5.41, 5.74) is 7.92. The van der Waals surface area contributed by atoms with Gasteiger partial charge < -0.3 is 15.8 Å². The predicted octanol–water partition coefficient (Wildman–Crippen LogP) is 1.28. The maximum Gasteiger partial charge on any atom is 0.305 e. The molecular formula is C10H16N2O2. The molecule has 4 nitrogen and oxygen atoms in total. The Kier molecular flexibility index (Phi) is 2.66. The first-order chi connectivity index (χ1) is 6.33. The average molecular weight is 196 g/mol. The number of aromatic nitrogens is 1.